The number of nitrogens with zero attached hydrogens (tertiary/aromatic N) is 2. The van der Waals surface area contributed by atoms with Crippen molar-refractivity contribution in [1.29, 1.82) is 0 Å². The maximum atomic E-state index is 13.9. The van der Waals surface area contributed by atoms with Crippen molar-refractivity contribution in [3.05, 3.63) is 75.6 Å². The average molecular weight is 514 g/mol. The Kier molecular flexibility index (Phi) is 9.26. The highest BCUT2D eigenvalue weighted by molar-refractivity contribution is 14.0. The summed E-state index contributed by atoms with van der Waals surface area (Å²) in [6.07, 6.45) is 0.996. The average Bonchev–Trinajstić information content (AvgIpc) is 3.22. The first-order valence-electron chi connectivity index (χ1n) is 9.18. The van der Waals surface area contributed by atoms with E-state index >= 15 is 0 Å². The number of hydrogen-bond acceptors (Lipinski definition) is 4. The van der Waals surface area contributed by atoms with Crippen LogP contribution in [0.4, 0.5) is 10.1 Å². The maximum Gasteiger partial charge on any atom is 0.269 e. The largest absolute Gasteiger partial charge is 0.381 e. The van der Waals surface area contributed by atoms with Gasteiger partial charge < -0.3 is 15.4 Å². The molecule has 2 aromatic carbocycles. The first-order valence-corrected chi connectivity index (χ1v) is 9.18. The highest BCUT2D eigenvalue weighted by Crippen LogP contribution is 2.13. The van der Waals surface area contributed by atoms with E-state index in [0.717, 1.165) is 25.2 Å². The summed E-state index contributed by atoms with van der Waals surface area (Å²) in [6, 6.07) is 12.9. The van der Waals surface area contributed by atoms with Crippen LogP contribution in [-0.4, -0.2) is 30.6 Å². The number of ether oxygens (including phenoxy) is 1. The van der Waals surface area contributed by atoms with Gasteiger partial charge in [-0.25, -0.2) is 9.38 Å². The lowest BCUT2D eigenvalue weighted by atomic mass is 10.1. The van der Waals surface area contributed by atoms with Crippen molar-refractivity contribution in [2.75, 3.05) is 19.8 Å². The third-order valence-corrected chi connectivity index (χ3v) is 4.55. The number of non-ortho nitro benzene ring substituents is 1. The van der Waals surface area contributed by atoms with Gasteiger partial charge in [-0.1, -0.05) is 30.3 Å². The van der Waals surface area contributed by atoms with E-state index in [1.807, 2.05) is 0 Å². The zero-order valence-electron chi connectivity index (χ0n) is 15.8. The lowest BCUT2D eigenvalue weighted by molar-refractivity contribution is -0.384. The van der Waals surface area contributed by atoms with E-state index in [-0.39, 0.29) is 35.5 Å². The molecule has 156 valence electrons. The second kappa shape index (κ2) is 11.7. The summed E-state index contributed by atoms with van der Waals surface area (Å²) in [6.45, 7) is 2.86. The predicted octanol–water partition coefficient (Wildman–Crippen LogP) is 3.62. The minimum absolute atomic E-state index is 0. The second-order valence-corrected chi connectivity index (χ2v) is 6.64. The first kappa shape index (κ1) is 23.0. The molecule has 1 heterocycles. The number of nitrogens with one attached hydrogen (secondary N) is 2. The van der Waals surface area contributed by atoms with Crippen LogP contribution in [0.15, 0.2) is 53.5 Å². The Balaban J connectivity index is 0.00000300. The fourth-order valence-electron chi connectivity index (χ4n) is 2.87. The molecular formula is C20H24FIN4O3. The van der Waals surface area contributed by atoms with Crippen LogP contribution in [0.3, 0.4) is 0 Å². The molecule has 0 saturated carbocycles. The third kappa shape index (κ3) is 7.24. The van der Waals surface area contributed by atoms with Gasteiger partial charge in [0.05, 0.1) is 18.1 Å². The molecule has 0 radical (unpaired) electrons. The Morgan fingerprint density at radius 1 is 1.21 bits per heavy atom. The van der Waals surface area contributed by atoms with Crippen LogP contribution in [-0.2, 0) is 17.8 Å². The van der Waals surface area contributed by atoms with Crippen LogP contribution < -0.4 is 10.6 Å². The molecule has 29 heavy (non-hydrogen) atoms. The van der Waals surface area contributed by atoms with Crippen LogP contribution in [0.25, 0.3) is 0 Å². The van der Waals surface area contributed by atoms with Crippen LogP contribution in [0.1, 0.15) is 17.5 Å². The summed E-state index contributed by atoms with van der Waals surface area (Å²) in [5.41, 5.74) is 1.45. The number of benzene rings is 2. The zero-order valence-corrected chi connectivity index (χ0v) is 18.2. The van der Waals surface area contributed by atoms with Crippen molar-refractivity contribution in [2.24, 2.45) is 10.9 Å². The number of hydrogen-bond donors (Lipinski definition) is 2. The smallest absolute Gasteiger partial charge is 0.269 e. The molecule has 0 spiro atoms. The van der Waals surface area contributed by atoms with Gasteiger partial charge >= 0.3 is 0 Å². The Hall–Kier alpha value is -2.27. The Morgan fingerprint density at radius 2 is 1.97 bits per heavy atom. The summed E-state index contributed by atoms with van der Waals surface area (Å²) in [4.78, 5) is 14.9. The van der Waals surface area contributed by atoms with Crippen LogP contribution >= 0.6 is 24.0 Å². The van der Waals surface area contributed by atoms with Gasteiger partial charge in [0.2, 0.25) is 0 Å². The molecule has 7 nitrogen and oxygen atoms in total. The summed E-state index contributed by atoms with van der Waals surface area (Å²) < 4.78 is 19.2. The van der Waals surface area contributed by atoms with Crippen molar-refractivity contribution < 1.29 is 14.1 Å². The van der Waals surface area contributed by atoms with E-state index in [4.69, 9.17) is 4.74 Å². The molecule has 0 amide bonds. The van der Waals surface area contributed by atoms with Crippen molar-refractivity contribution in [1.82, 2.24) is 10.6 Å². The first-order chi connectivity index (χ1) is 13.6. The summed E-state index contributed by atoms with van der Waals surface area (Å²) in [7, 11) is 0. The molecular weight excluding hydrogens is 490 g/mol. The maximum absolute atomic E-state index is 13.9. The van der Waals surface area contributed by atoms with Crippen LogP contribution in [0, 0.1) is 21.8 Å². The summed E-state index contributed by atoms with van der Waals surface area (Å²) in [5, 5.41) is 17.2. The molecule has 1 aliphatic heterocycles. The van der Waals surface area contributed by atoms with E-state index in [2.05, 4.69) is 15.6 Å². The quantitative estimate of drug-likeness (QED) is 0.194. The molecule has 9 heteroatoms. The molecule has 2 N–H and O–H groups in total. The Labute approximate surface area is 185 Å². The van der Waals surface area contributed by atoms with Gasteiger partial charge in [-0.15, -0.1) is 24.0 Å². The Bertz CT molecular complexity index is 827. The lowest BCUT2D eigenvalue weighted by Crippen LogP contribution is -2.39. The highest BCUT2D eigenvalue weighted by atomic mass is 127. The van der Waals surface area contributed by atoms with Gasteiger partial charge in [-0.2, -0.15) is 0 Å². The van der Waals surface area contributed by atoms with Gasteiger partial charge in [0, 0.05) is 43.3 Å². The topological polar surface area (TPSA) is 88.8 Å². The number of rotatable bonds is 7. The van der Waals surface area contributed by atoms with Crippen molar-refractivity contribution in [3.8, 4) is 0 Å². The number of aliphatic imine (C=N–C) groups is 1. The fraction of sp³-hybridized carbons (Fsp3) is 0.350. The molecule has 1 fully saturated rings. The van der Waals surface area contributed by atoms with Crippen molar-refractivity contribution in [2.45, 2.75) is 19.5 Å². The summed E-state index contributed by atoms with van der Waals surface area (Å²) >= 11 is 0. The van der Waals surface area contributed by atoms with E-state index in [9.17, 15) is 14.5 Å². The van der Waals surface area contributed by atoms with Gasteiger partial charge in [0.1, 0.15) is 5.82 Å². The van der Waals surface area contributed by atoms with E-state index < -0.39 is 4.92 Å². The van der Waals surface area contributed by atoms with Crippen LogP contribution in [0.5, 0.6) is 0 Å². The Morgan fingerprint density at radius 3 is 2.62 bits per heavy atom. The van der Waals surface area contributed by atoms with Gasteiger partial charge in [-0.05, 0) is 18.1 Å². The molecule has 0 aromatic heterocycles. The molecule has 2 aromatic rings. The zero-order chi connectivity index (χ0) is 19.8. The minimum atomic E-state index is -0.431. The van der Waals surface area contributed by atoms with E-state index in [1.54, 1.807) is 30.3 Å². The van der Waals surface area contributed by atoms with E-state index in [1.165, 1.54) is 18.2 Å². The number of nitro groups is 1. The molecule has 1 atom stereocenters. The number of guanidine groups is 1. The molecule has 1 saturated heterocycles. The number of halogens is 2. The van der Waals surface area contributed by atoms with Gasteiger partial charge in [0.25, 0.3) is 5.69 Å². The second-order valence-electron chi connectivity index (χ2n) is 6.64. The minimum Gasteiger partial charge on any atom is -0.381 e. The molecule has 0 bridgehead atoms. The predicted molar refractivity (Wildman–Crippen MR) is 120 cm³/mol. The highest BCUT2D eigenvalue weighted by Gasteiger charge is 2.16. The normalized spacial score (nSPS) is 16.2. The van der Waals surface area contributed by atoms with Crippen LogP contribution in [0.2, 0.25) is 0 Å². The van der Waals surface area contributed by atoms with Crippen molar-refractivity contribution in [3.63, 3.8) is 0 Å². The standard InChI is InChI=1S/C20H23FN4O3.HI/c21-19-4-2-1-3-17(19)13-24-20(23-12-16-9-10-28-14-16)22-11-15-5-7-18(8-6-15)25(26)27;/h1-8,16H,9-14H2,(H2,22,23,24);1H. The fourth-order valence-corrected chi connectivity index (χ4v) is 2.87. The third-order valence-electron chi connectivity index (χ3n) is 4.55. The SMILES string of the molecule is I.O=[N+]([O-])c1ccc(CN=C(NCc2ccccc2F)NCC2CCOC2)cc1. The molecule has 3 rings (SSSR count). The van der Waals surface area contributed by atoms with E-state index in [0.29, 0.717) is 37.1 Å². The van der Waals surface area contributed by atoms with Crippen molar-refractivity contribution >= 4 is 35.6 Å². The monoisotopic (exact) mass is 514 g/mol. The number of nitro benzene ring substituents is 1. The summed E-state index contributed by atoms with van der Waals surface area (Å²) in [5.74, 6) is 0.710. The van der Waals surface area contributed by atoms with Gasteiger partial charge in [0.15, 0.2) is 5.96 Å². The van der Waals surface area contributed by atoms with Gasteiger partial charge in [-0.3, -0.25) is 10.1 Å². The lowest BCUT2D eigenvalue weighted by Gasteiger charge is -2.15. The molecule has 1 unspecified atom stereocenters. The molecule has 1 aliphatic rings. The molecule has 0 aliphatic carbocycles.